The highest BCUT2D eigenvalue weighted by Gasteiger charge is 2.15. The fraction of sp³-hybridized carbons (Fsp3) is 0.167. The summed E-state index contributed by atoms with van der Waals surface area (Å²) in [5, 5.41) is 19.6. The molecule has 0 saturated carbocycles. The first-order valence-electron chi connectivity index (χ1n) is 7.52. The van der Waals surface area contributed by atoms with E-state index in [1.165, 1.54) is 23.9 Å². The summed E-state index contributed by atoms with van der Waals surface area (Å²) in [6.07, 6.45) is 0.537. The topological polar surface area (TPSA) is 108 Å². The average molecular weight is 337 g/mol. The summed E-state index contributed by atoms with van der Waals surface area (Å²) in [5.41, 5.74) is -0.166. The van der Waals surface area contributed by atoms with Crippen molar-refractivity contribution in [3.63, 3.8) is 0 Å². The van der Waals surface area contributed by atoms with Gasteiger partial charge in [-0.15, -0.1) is 0 Å². The van der Waals surface area contributed by atoms with Gasteiger partial charge in [-0.3, -0.25) is 9.59 Å². The van der Waals surface area contributed by atoms with Crippen LogP contribution in [0.3, 0.4) is 0 Å². The molecule has 0 amide bonds. The lowest BCUT2D eigenvalue weighted by Gasteiger charge is -2.16. The number of hydrogen-bond donors (Lipinski definition) is 2. The van der Waals surface area contributed by atoms with Gasteiger partial charge < -0.3 is 19.4 Å². The van der Waals surface area contributed by atoms with E-state index < -0.39 is 17.2 Å². The van der Waals surface area contributed by atoms with Crippen molar-refractivity contribution in [2.75, 3.05) is 7.11 Å². The van der Waals surface area contributed by atoms with Crippen molar-refractivity contribution in [2.45, 2.75) is 12.6 Å². The van der Waals surface area contributed by atoms with Crippen molar-refractivity contribution in [1.82, 2.24) is 9.55 Å². The van der Waals surface area contributed by atoms with Gasteiger partial charge in [-0.2, -0.15) is 5.26 Å². The summed E-state index contributed by atoms with van der Waals surface area (Å²) >= 11 is 0. The second-order valence-corrected chi connectivity index (χ2v) is 5.48. The van der Waals surface area contributed by atoms with Gasteiger partial charge in [0.25, 0.3) is 11.1 Å². The summed E-state index contributed by atoms with van der Waals surface area (Å²) in [6, 6.07) is 11.6. The quantitative estimate of drug-likeness (QED) is 0.746. The Balaban J connectivity index is 2.03. The van der Waals surface area contributed by atoms with Gasteiger partial charge in [-0.25, -0.2) is 0 Å². The molecular formula is C18H15N3O4. The van der Waals surface area contributed by atoms with Crippen LogP contribution in [0.25, 0.3) is 10.9 Å². The van der Waals surface area contributed by atoms with Crippen LogP contribution >= 0.6 is 0 Å². The maximum atomic E-state index is 12.6. The maximum Gasteiger partial charge on any atom is 0.266 e. The van der Waals surface area contributed by atoms with Crippen LogP contribution in [0.2, 0.25) is 0 Å². The van der Waals surface area contributed by atoms with E-state index in [1.807, 2.05) is 0 Å². The molecule has 2 aromatic heterocycles. The number of fused-ring (bicyclic) bond motifs is 1. The Hall–Kier alpha value is -3.37. The zero-order valence-corrected chi connectivity index (χ0v) is 13.4. The summed E-state index contributed by atoms with van der Waals surface area (Å²) in [7, 11) is 1.51. The average Bonchev–Trinajstić information content (AvgIpc) is 2.63. The van der Waals surface area contributed by atoms with Crippen molar-refractivity contribution in [3.8, 4) is 11.8 Å². The minimum absolute atomic E-state index is 0.0101. The standard InChI is InChI=1S/C18H15N3O4/c1-25-16-5-3-2-4-12(16)15(22)10-21-7-6-14-13(18(21)24)8-11(9-19)17(23)20-14/h2-8,15,22H,10H2,1H3,(H,20,23). The van der Waals surface area contributed by atoms with Crippen LogP contribution in [0, 0.1) is 11.3 Å². The first-order valence-corrected chi connectivity index (χ1v) is 7.52. The molecule has 0 aliphatic rings. The molecule has 0 aliphatic carbocycles. The van der Waals surface area contributed by atoms with Crippen LogP contribution in [0.4, 0.5) is 0 Å². The van der Waals surface area contributed by atoms with Crippen molar-refractivity contribution in [3.05, 3.63) is 74.4 Å². The molecule has 0 bridgehead atoms. The lowest BCUT2D eigenvalue weighted by atomic mass is 10.1. The lowest BCUT2D eigenvalue weighted by Crippen LogP contribution is -2.24. The number of aliphatic hydroxyl groups is 1. The number of ether oxygens (including phenoxy) is 1. The number of H-pyrrole nitrogens is 1. The molecule has 0 radical (unpaired) electrons. The molecule has 0 fully saturated rings. The van der Waals surface area contributed by atoms with Crippen LogP contribution in [0.1, 0.15) is 17.2 Å². The Morgan fingerprint density at radius 3 is 2.80 bits per heavy atom. The Kier molecular flexibility index (Phi) is 4.37. The van der Waals surface area contributed by atoms with Gasteiger partial charge in [0.15, 0.2) is 0 Å². The summed E-state index contributed by atoms with van der Waals surface area (Å²) in [6.45, 7) is 0.0101. The summed E-state index contributed by atoms with van der Waals surface area (Å²) in [5.74, 6) is 0.528. The zero-order chi connectivity index (χ0) is 18.0. The number of aromatic nitrogens is 2. The predicted molar refractivity (Wildman–Crippen MR) is 91.5 cm³/mol. The molecule has 126 valence electrons. The van der Waals surface area contributed by atoms with Crippen molar-refractivity contribution in [2.24, 2.45) is 0 Å². The minimum atomic E-state index is -0.954. The number of rotatable bonds is 4. The molecule has 0 saturated heterocycles. The van der Waals surface area contributed by atoms with E-state index >= 15 is 0 Å². The van der Waals surface area contributed by atoms with Crippen molar-refractivity contribution in [1.29, 1.82) is 5.26 Å². The van der Waals surface area contributed by atoms with Crippen molar-refractivity contribution < 1.29 is 9.84 Å². The van der Waals surface area contributed by atoms with Crippen LogP contribution in [0.15, 0.2) is 52.2 Å². The number of aromatic amines is 1. The van der Waals surface area contributed by atoms with E-state index in [0.29, 0.717) is 16.8 Å². The lowest BCUT2D eigenvalue weighted by molar-refractivity contribution is 0.151. The minimum Gasteiger partial charge on any atom is -0.496 e. The third kappa shape index (κ3) is 3.03. The molecular weight excluding hydrogens is 322 g/mol. The molecule has 3 aromatic rings. The molecule has 7 nitrogen and oxygen atoms in total. The van der Waals surface area contributed by atoms with E-state index in [1.54, 1.807) is 36.4 Å². The molecule has 0 spiro atoms. The molecule has 2 heterocycles. The molecule has 1 atom stereocenters. The number of nitrogens with zero attached hydrogens (tertiary/aromatic N) is 2. The Bertz CT molecular complexity index is 1090. The van der Waals surface area contributed by atoms with E-state index in [4.69, 9.17) is 10.00 Å². The van der Waals surface area contributed by atoms with Crippen LogP contribution in [-0.4, -0.2) is 21.8 Å². The molecule has 3 rings (SSSR count). The Morgan fingerprint density at radius 1 is 1.32 bits per heavy atom. The largest absolute Gasteiger partial charge is 0.496 e. The van der Waals surface area contributed by atoms with Gasteiger partial charge in [-0.05, 0) is 18.2 Å². The fourth-order valence-corrected chi connectivity index (χ4v) is 2.69. The monoisotopic (exact) mass is 337 g/mol. The van der Waals surface area contributed by atoms with Crippen molar-refractivity contribution >= 4 is 10.9 Å². The molecule has 1 aromatic carbocycles. The highest BCUT2D eigenvalue weighted by atomic mass is 16.5. The smallest absolute Gasteiger partial charge is 0.266 e. The first kappa shape index (κ1) is 16.5. The van der Waals surface area contributed by atoms with Gasteiger partial charge in [0.2, 0.25) is 0 Å². The number of hydrogen-bond acceptors (Lipinski definition) is 5. The zero-order valence-electron chi connectivity index (χ0n) is 13.4. The molecule has 7 heteroatoms. The van der Waals surface area contributed by atoms with Gasteiger partial charge in [0.05, 0.1) is 24.6 Å². The SMILES string of the molecule is COc1ccccc1C(O)Cn1ccc2[nH]c(=O)c(C#N)cc2c1=O. The van der Waals surface area contributed by atoms with Gasteiger partial charge in [0, 0.05) is 11.8 Å². The predicted octanol–water partition coefficient (Wildman–Crippen LogP) is 1.30. The molecule has 0 aliphatic heterocycles. The maximum absolute atomic E-state index is 12.6. The van der Waals surface area contributed by atoms with Gasteiger partial charge in [0.1, 0.15) is 23.5 Å². The van der Waals surface area contributed by atoms with Gasteiger partial charge in [-0.1, -0.05) is 18.2 Å². The Labute approximate surface area is 142 Å². The van der Waals surface area contributed by atoms with E-state index in [9.17, 15) is 14.7 Å². The second kappa shape index (κ2) is 6.63. The summed E-state index contributed by atoms with van der Waals surface area (Å²) < 4.78 is 6.56. The highest BCUT2D eigenvalue weighted by molar-refractivity contribution is 5.78. The molecule has 1 unspecified atom stereocenters. The normalized spacial score (nSPS) is 11.9. The number of nitriles is 1. The number of para-hydroxylation sites is 1. The number of methoxy groups -OCH3 is 1. The third-order valence-electron chi connectivity index (χ3n) is 3.97. The number of aliphatic hydroxyl groups excluding tert-OH is 1. The number of nitrogens with one attached hydrogen (secondary N) is 1. The molecule has 2 N–H and O–H groups in total. The second-order valence-electron chi connectivity index (χ2n) is 5.48. The number of benzene rings is 1. The summed E-state index contributed by atoms with van der Waals surface area (Å²) in [4.78, 5) is 26.8. The van der Waals surface area contributed by atoms with E-state index in [-0.39, 0.29) is 17.5 Å². The first-order chi connectivity index (χ1) is 12.0. The highest BCUT2D eigenvalue weighted by Crippen LogP contribution is 2.25. The van der Waals surface area contributed by atoms with Crippen LogP contribution in [-0.2, 0) is 6.54 Å². The fourth-order valence-electron chi connectivity index (χ4n) is 2.69. The number of pyridine rings is 2. The molecule has 25 heavy (non-hydrogen) atoms. The van der Waals surface area contributed by atoms with E-state index in [2.05, 4.69) is 4.98 Å². The van der Waals surface area contributed by atoms with Crippen LogP contribution in [0.5, 0.6) is 5.75 Å². The third-order valence-corrected chi connectivity index (χ3v) is 3.97. The van der Waals surface area contributed by atoms with Crippen LogP contribution < -0.4 is 15.9 Å². The van der Waals surface area contributed by atoms with E-state index in [0.717, 1.165) is 0 Å². The van der Waals surface area contributed by atoms with Gasteiger partial charge >= 0.3 is 0 Å². The Morgan fingerprint density at radius 2 is 2.08 bits per heavy atom.